The molecular weight excluding hydrogens is 300 g/mol. The molecule has 0 fully saturated rings. The van der Waals surface area contributed by atoms with Gasteiger partial charge in [0.1, 0.15) is 4.66 Å². The first-order valence-electron chi connectivity index (χ1n) is 6.57. The molecule has 0 radical (unpaired) electrons. The second-order valence-corrected chi connectivity index (χ2v) is 7.60. The molecule has 0 aliphatic carbocycles. The van der Waals surface area contributed by atoms with Crippen molar-refractivity contribution in [2.45, 2.75) is 64.7 Å². The minimum absolute atomic E-state index is 0.0218. The van der Waals surface area contributed by atoms with E-state index in [1.807, 2.05) is 0 Å². The van der Waals surface area contributed by atoms with Crippen molar-refractivity contribution in [2.24, 2.45) is 0 Å². The molecule has 0 atom stereocenters. The fraction of sp³-hybridized carbons (Fsp3) is 0.846. The number of allylic oxidation sites excluding steroid dienone is 1. The van der Waals surface area contributed by atoms with Gasteiger partial charge in [0, 0.05) is 5.41 Å². The van der Waals surface area contributed by atoms with E-state index in [9.17, 15) is 8.42 Å². The Hall–Kier alpha value is 0.170. The molecule has 0 aromatic rings. The molecule has 0 heterocycles. The summed E-state index contributed by atoms with van der Waals surface area (Å²) >= 11 is 2.96. The lowest BCUT2D eigenvalue weighted by molar-refractivity contribution is 0.577. The monoisotopic (exact) mass is 324 g/mol. The van der Waals surface area contributed by atoms with E-state index in [-0.39, 0.29) is 4.66 Å². The average Bonchev–Trinajstić information content (AvgIpc) is 2.31. The van der Waals surface area contributed by atoms with Crippen molar-refractivity contribution in [3.8, 4) is 0 Å². The van der Waals surface area contributed by atoms with Crippen LogP contribution in [-0.2, 0) is 9.84 Å². The lowest BCUT2D eigenvalue weighted by atomic mass is 10.1. The molecule has 17 heavy (non-hydrogen) atoms. The van der Waals surface area contributed by atoms with Gasteiger partial charge in [-0.15, -0.1) is 0 Å². The first kappa shape index (κ1) is 17.2. The fourth-order valence-corrected chi connectivity index (χ4v) is 2.61. The highest BCUT2D eigenvalue weighted by Crippen LogP contribution is 2.10. The molecule has 0 amide bonds. The van der Waals surface area contributed by atoms with Gasteiger partial charge < -0.3 is 0 Å². The Morgan fingerprint density at radius 3 is 2.00 bits per heavy atom. The van der Waals surface area contributed by atoms with Crippen LogP contribution in [0.2, 0.25) is 0 Å². The van der Waals surface area contributed by atoms with Crippen LogP contribution in [0.25, 0.3) is 0 Å². The van der Waals surface area contributed by atoms with Crippen molar-refractivity contribution in [1.82, 2.24) is 0 Å². The Morgan fingerprint density at radius 1 is 0.941 bits per heavy atom. The fourth-order valence-electron chi connectivity index (χ4n) is 1.65. The van der Waals surface area contributed by atoms with Crippen LogP contribution in [0.15, 0.2) is 11.5 Å². The van der Waals surface area contributed by atoms with E-state index < -0.39 is 9.84 Å². The molecule has 0 N–H and O–H groups in total. The number of alkyl halides is 1. The highest BCUT2D eigenvalue weighted by atomic mass is 79.9. The molecule has 102 valence electrons. The number of rotatable bonds is 11. The Morgan fingerprint density at radius 2 is 1.47 bits per heavy atom. The van der Waals surface area contributed by atoms with Crippen LogP contribution in [0.3, 0.4) is 0 Å². The molecule has 0 saturated heterocycles. The van der Waals surface area contributed by atoms with Crippen LogP contribution in [0.4, 0.5) is 0 Å². The van der Waals surface area contributed by atoms with E-state index in [0.29, 0.717) is 0 Å². The van der Waals surface area contributed by atoms with Crippen LogP contribution in [0, 0.1) is 0 Å². The maximum Gasteiger partial charge on any atom is 0.181 e. The second kappa shape index (κ2) is 11.3. The topological polar surface area (TPSA) is 34.1 Å². The zero-order chi connectivity index (χ0) is 13.0. The summed E-state index contributed by atoms with van der Waals surface area (Å²) < 4.78 is 22.2. The molecule has 2 nitrogen and oxygen atoms in total. The van der Waals surface area contributed by atoms with Gasteiger partial charge in [-0.1, -0.05) is 73.9 Å². The molecule has 0 aliphatic heterocycles. The van der Waals surface area contributed by atoms with Gasteiger partial charge in [-0.2, -0.15) is 0 Å². The van der Waals surface area contributed by atoms with Crippen molar-refractivity contribution >= 4 is 25.8 Å². The number of halogens is 1. The molecule has 0 spiro atoms. The van der Waals surface area contributed by atoms with Crippen LogP contribution in [0.5, 0.6) is 0 Å². The van der Waals surface area contributed by atoms with E-state index >= 15 is 0 Å². The normalized spacial score (nSPS) is 12.4. The molecule has 0 saturated carbocycles. The maximum atomic E-state index is 11.1. The van der Waals surface area contributed by atoms with Crippen LogP contribution in [0.1, 0.15) is 64.7 Å². The molecular formula is C13H25BrO2S. The molecule has 0 bridgehead atoms. The molecule has 0 aromatic carbocycles. The second-order valence-electron chi connectivity index (χ2n) is 4.41. The van der Waals surface area contributed by atoms with E-state index in [1.165, 1.54) is 50.4 Å². The lowest BCUT2D eigenvalue weighted by Gasteiger charge is -1.99. The van der Waals surface area contributed by atoms with Crippen LogP contribution < -0.4 is 0 Å². The third kappa shape index (κ3) is 12.4. The van der Waals surface area contributed by atoms with E-state index in [2.05, 4.69) is 22.9 Å². The highest BCUT2D eigenvalue weighted by molar-refractivity contribution is 9.10. The highest BCUT2D eigenvalue weighted by Gasteiger charge is 2.00. The van der Waals surface area contributed by atoms with Crippen molar-refractivity contribution in [3.63, 3.8) is 0 Å². The number of sulfone groups is 1. The molecule has 0 unspecified atom stereocenters. The zero-order valence-corrected chi connectivity index (χ0v) is 13.2. The summed E-state index contributed by atoms with van der Waals surface area (Å²) in [5.41, 5.74) is 0. The maximum absolute atomic E-state index is 11.1. The predicted octanol–water partition coefficient (Wildman–Crippen LogP) is 4.80. The van der Waals surface area contributed by atoms with Gasteiger partial charge in [-0.05, 0) is 12.8 Å². The van der Waals surface area contributed by atoms with Crippen molar-refractivity contribution in [2.75, 3.05) is 4.66 Å². The number of hydrogen-bond donors (Lipinski definition) is 0. The predicted molar refractivity (Wildman–Crippen MR) is 79.1 cm³/mol. The summed E-state index contributed by atoms with van der Waals surface area (Å²) in [5, 5.41) is 1.32. The summed E-state index contributed by atoms with van der Waals surface area (Å²) in [6, 6.07) is 0. The third-order valence-electron chi connectivity index (χ3n) is 2.68. The van der Waals surface area contributed by atoms with Crippen LogP contribution in [-0.4, -0.2) is 13.1 Å². The summed E-state index contributed by atoms with van der Waals surface area (Å²) in [5.74, 6) is 0. The first-order chi connectivity index (χ1) is 8.12. The number of hydrogen-bond acceptors (Lipinski definition) is 2. The zero-order valence-electron chi connectivity index (χ0n) is 10.8. The van der Waals surface area contributed by atoms with Gasteiger partial charge in [0.05, 0.1) is 0 Å². The van der Waals surface area contributed by atoms with Crippen molar-refractivity contribution in [3.05, 3.63) is 11.5 Å². The standard InChI is InChI=1S/C13H25BrO2S/c1-2-3-4-5-6-7-8-9-10-11-12-17(15,16)13-14/h11-12H,2-10,13H2,1H3. The van der Waals surface area contributed by atoms with Gasteiger partial charge in [0.15, 0.2) is 9.84 Å². The smallest absolute Gasteiger partial charge is 0.181 e. The van der Waals surface area contributed by atoms with E-state index in [0.717, 1.165) is 12.8 Å². The Balaban J connectivity index is 3.30. The first-order valence-corrected chi connectivity index (χ1v) is 9.41. The molecule has 0 aliphatic rings. The lowest BCUT2D eigenvalue weighted by Crippen LogP contribution is -1.94. The SMILES string of the molecule is CCCCCCCCCCC=CS(=O)(=O)CBr. The van der Waals surface area contributed by atoms with Gasteiger partial charge in [0.2, 0.25) is 0 Å². The largest absolute Gasteiger partial charge is 0.223 e. The third-order valence-corrected chi connectivity index (χ3v) is 5.51. The summed E-state index contributed by atoms with van der Waals surface area (Å²) in [6.45, 7) is 2.23. The summed E-state index contributed by atoms with van der Waals surface area (Å²) in [6.07, 6.45) is 12.9. The Labute approximate surface area is 115 Å². The number of unbranched alkanes of at least 4 members (excludes halogenated alkanes) is 8. The van der Waals surface area contributed by atoms with Crippen molar-refractivity contribution < 1.29 is 8.42 Å². The Kier molecular flexibility index (Phi) is 11.4. The molecule has 4 heteroatoms. The minimum atomic E-state index is -2.99. The van der Waals surface area contributed by atoms with Gasteiger partial charge in [0.25, 0.3) is 0 Å². The van der Waals surface area contributed by atoms with Gasteiger partial charge in [-0.3, -0.25) is 0 Å². The van der Waals surface area contributed by atoms with Crippen LogP contribution >= 0.6 is 15.9 Å². The summed E-state index contributed by atoms with van der Waals surface area (Å²) in [7, 11) is -2.99. The minimum Gasteiger partial charge on any atom is -0.223 e. The molecule has 0 rings (SSSR count). The van der Waals surface area contributed by atoms with E-state index in [4.69, 9.17) is 0 Å². The molecule has 0 aromatic heterocycles. The van der Waals surface area contributed by atoms with Crippen molar-refractivity contribution in [1.29, 1.82) is 0 Å². The average molecular weight is 325 g/mol. The van der Waals surface area contributed by atoms with E-state index in [1.54, 1.807) is 6.08 Å². The summed E-state index contributed by atoms with van der Waals surface area (Å²) in [4.78, 5) is 0. The van der Waals surface area contributed by atoms with Gasteiger partial charge in [-0.25, -0.2) is 8.42 Å². The quantitative estimate of drug-likeness (QED) is 0.404. The Bertz CT molecular complexity index is 284. The van der Waals surface area contributed by atoms with Gasteiger partial charge >= 0.3 is 0 Å².